The Bertz CT molecular complexity index is 1820. The first-order chi connectivity index (χ1) is 23.4. The van der Waals surface area contributed by atoms with Gasteiger partial charge in [-0.1, -0.05) is 19.3 Å². The Labute approximate surface area is 322 Å². The summed E-state index contributed by atoms with van der Waals surface area (Å²) in [5, 5.41) is 0. The van der Waals surface area contributed by atoms with Crippen molar-refractivity contribution >= 4 is 22.3 Å². The van der Waals surface area contributed by atoms with Crippen LogP contribution in [0.15, 0.2) is 31.8 Å². The molecular formula is C35H60Br2N10O4. The predicted octanol–water partition coefficient (Wildman–Crippen LogP) is -3.67. The van der Waals surface area contributed by atoms with Crippen molar-refractivity contribution in [2.24, 2.45) is 28.2 Å². The van der Waals surface area contributed by atoms with E-state index in [1.54, 1.807) is 26.7 Å². The molecule has 0 fully saturated rings. The van der Waals surface area contributed by atoms with Gasteiger partial charge in [0.1, 0.15) is 0 Å². The number of halogens is 2. The minimum Gasteiger partial charge on any atom is -1.00 e. The van der Waals surface area contributed by atoms with Gasteiger partial charge in [0.15, 0.2) is 22.3 Å². The number of rotatable bonds is 20. The van der Waals surface area contributed by atoms with Crippen molar-refractivity contribution in [3.63, 3.8) is 0 Å². The SMILES string of the molecule is CC[N+](CC)(CCCCCCCCC[N+](CC)(CC)CCn1cnc2c1c(=O)n(C)c(=O)n2C)CCn1cnc2c1c(=O)n(C)c(=O)n2C.[Br-].[Br-]. The van der Waals surface area contributed by atoms with Gasteiger partial charge in [-0.25, -0.2) is 19.6 Å². The van der Waals surface area contributed by atoms with Crippen molar-refractivity contribution in [2.75, 3.05) is 52.4 Å². The highest BCUT2D eigenvalue weighted by atomic mass is 79.9. The number of nitrogens with zero attached hydrogens (tertiary/aromatic N) is 10. The molecule has 4 rings (SSSR count). The molecule has 0 saturated heterocycles. The van der Waals surface area contributed by atoms with Crippen molar-refractivity contribution in [1.29, 1.82) is 0 Å². The molecule has 0 amide bonds. The molecule has 288 valence electrons. The minimum absolute atomic E-state index is 0. The molecule has 4 aromatic heterocycles. The first kappa shape index (κ1) is 44.3. The van der Waals surface area contributed by atoms with Crippen LogP contribution in [0.25, 0.3) is 22.3 Å². The van der Waals surface area contributed by atoms with Crippen LogP contribution in [-0.2, 0) is 41.3 Å². The monoisotopic (exact) mass is 842 g/mol. The van der Waals surface area contributed by atoms with Crippen LogP contribution < -0.4 is 56.5 Å². The maximum absolute atomic E-state index is 12.9. The molecule has 0 spiro atoms. The molecule has 0 aliphatic carbocycles. The molecular weight excluding hydrogens is 784 g/mol. The van der Waals surface area contributed by atoms with Crippen molar-refractivity contribution in [1.82, 2.24) is 37.4 Å². The van der Waals surface area contributed by atoms with Crippen LogP contribution in [0.5, 0.6) is 0 Å². The first-order valence-electron chi connectivity index (χ1n) is 18.3. The average Bonchev–Trinajstić information content (AvgIpc) is 3.75. The molecule has 4 aromatic rings. The normalized spacial score (nSPS) is 12.1. The third-order valence-electron chi connectivity index (χ3n) is 11.5. The van der Waals surface area contributed by atoms with Gasteiger partial charge in [-0.3, -0.25) is 27.9 Å². The van der Waals surface area contributed by atoms with E-state index in [4.69, 9.17) is 0 Å². The zero-order valence-corrected chi connectivity index (χ0v) is 35.2. The molecule has 0 radical (unpaired) electrons. The molecule has 0 aliphatic rings. The van der Waals surface area contributed by atoms with Gasteiger partial charge < -0.3 is 52.1 Å². The van der Waals surface area contributed by atoms with Crippen LogP contribution in [0, 0.1) is 0 Å². The summed E-state index contributed by atoms with van der Waals surface area (Å²) in [6.45, 7) is 18.7. The molecule has 0 saturated carbocycles. The number of imidazole rings is 2. The van der Waals surface area contributed by atoms with E-state index in [2.05, 4.69) is 37.7 Å². The Morgan fingerprint density at radius 2 is 0.804 bits per heavy atom. The highest BCUT2D eigenvalue weighted by molar-refractivity contribution is 5.70. The van der Waals surface area contributed by atoms with Gasteiger partial charge >= 0.3 is 11.4 Å². The fourth-order valence-corrected chi connectivity index (χ4v) is 7.49. The smallest absolute Gasteiger partial charge is 0.332 e. The van der Waals surface area contributed by atoms with Crippen molar-refractivity contribution in [3.8, 4) is 0 Å². The van der Waals surface area contributed by atoms with Gasteiger partial charge in [0.05, 0.1) is 78.1 Å². The van der Waals surface area contributed by atoms with Crippen molar-refractivity contribution in [3.05, 3.63) is 54.3 Å². The topological polar surface area (TPSA) is 124 Å². The second kappa shape index (κ2) is 19.3. The number of quaternary nitrogens is 2. The second-order valence-electron chi connectivity index (χ2n) is 13.9. The van der Waals surface area contributed by atoms with Gasteiger partial charge in [-0.05, 0) is 53.4 Å². The van der Waals surface area contributed by atoms with E-state index in [1.165, 1.54) is 68.2 Å². The largest absolute Gasteiger partial charge is 1.00 e. The van der Waals surface area contributed by atoms with E-state index in [9.17, 15) is 19.2 Å². The summed E-state index contributed by atoms with van der Waals surface area (Å²) >= 11 is 0. The molecule has 0 bridgehead atoms. The Balaban J connectivity index is 0.00000451. The van der Waals surface area contributed by atoms with Crippen LogP contribution in [0.2, 0.25) is 0 Å². The van der Waals surface area contributed by atoms with Crippen molar-refractivity contribution < 1.29 is 42.9 Å². The van der Waals surface area contributed by atoms with Crippen LogP contribution in [0.1, 0.15) is 72.6 Å². The second-order valence-corrected chi connectivity index (χ2v) is 13.9. The number of aryl methyl sites for hydroxylation is 2. The zero-order valence-electron chi connectivity index (χ0n) is 32.0. The Morgan fingerprint density at radius 3 is 1.12 bits per heavy atom. The highest BCUT2D eigenvalue weighted by Crippen LogP contribution is 2.17. The minimum atomic E-state index is -0.355. The Hall–Kier alpha value is -2.82. The molecule has 0 atom stereocenters. The molecule has 0 N–H and O–H groups in total. The van der Waals surface area contributed by atoms with E-state index in [0.717, 1.165) is 70.5 Å². The summed E-state index contributed by atoms with van der Waals surface area (Å²) in [7, 11) is 6.36. The molecule has 0 aliphatic heterocycles. The van der Waals surface area contributed by atoms with E-state index in [0.29, 0.717) is 35.4 Å². The number of likely N-dealkylation sites (N-methyl/N-ethyl adjacent to an activating group) is 2. The van der Waals surface area contributed by atoms with Gasteiger partial charge in [0.25, 0.3) is 11.1 Å². The molecule has 0 unspecified atom stereocenters. The average molecular weight is 845 g/mol. The third kappa shape index (κ3) is 9.41. The summed E-state index contributed by atoms with van der Waals surface area (Å²) in [6.07, 6.45) is 12.0. The first-order valence-corrected chi connectivity index (χ1v) is 18.3. The quantitative estimate of drug-likeness (QED) is 0.0669. The number of unbranched alkanes of at least 4 members (excludes halogenated alkanes) is 6. The number of aromatic nitrogens is 8. The number of hydrogen-bond donors (Lipinski definition) is 0. The van der Waals surface area contributed by atoms with Gasteiger partial charge in [0, 0.05) is 28.2 Å². The molecule has 0 aromatic carbocycles. The van der Waals surface area contributed by atoms with Gasteiger partial charge in [-0.2, -0.15) is 0 Å². The lowest BCUT2D eigenvalue weighted by Crippen LogP contribution is -3.00. The summed E-state index contributed by atoms with van der Waals surface area (Å²) in [5.74, 6) is 0. The van der Waals surface area contributed by atoms with E-state index < -0.39 is 0 Å². The molecule has 14 nitrogen and oxygen atoms in total. The van der Waals surface area contributed by atoms with E-state index in [-0.39, 0.29) is 56.5 Å². The van der Waals surface area contributed by atoms with Gasteiger partial charge in [-0.15, -0.1) is 0 Å². The lowest BCUT2D eigenvalue weighted by molar-refractivity contribution is -0.925. The maximum Gasteiger partial charge on any atom is 0.332 e. The zero-order chi connectivity index (χ0) is 35.9. The summed E-state index contributed by atoms with van der Waals surface area (Å²) < 4.78 is 11.1. The summed E-state index contributed by atoms with van der Waals surface area (Å²) in [4.78, 5) is 59.2. The van der Waals surface area contributed by atoms with E-state index >= 15 is 0 Å². The summed E-state index contributed by atoms with van der Waals surface area (Å²) in [6, 6.07) is 0. The fraction of sp³-hybridized carbons (Fsp3) is 0.714. The fourth-order valence-electron chi connectivity index (χ4n) is 7.49. The predicted molar refractivity (Wildman–Crippen MR) is 195 cm³/mol. The van der Waals surface area contributed by atoms with Crippen LogP contribution in [0.4, 0.5) is 0 Å². The number of hydrogen-bond acceptors (Lipinski definition) is 6. The number of fused-ring (bicyclic) bond motifs is 2. The van der Waals surface area contributed by atoms with Crippen LogP contribution in [0.3, 0.4) is 0 Å². The Morgan fingerprint density at radius 1 is 0.490 bits per heavy atom. The lowest BCUT2D eigenvalue weighted by Gasteiger charge is -2.37. The van der Waals surface area contributed by atoms with Crippen LogP contribution in [-0.4, -0.2) is 98.7 Å². The van der Waals surface area contributed by atoms with Crippen molar-refractivity contribution in [2.45, 2.75) is 85.7 Å². The standard InChI is InChI=1S/C35H60N10O4.2BrH/c1-9-44(10-2,24-20-42-26-36-30-28(42)32(46)40(7)34(48)38(30)5)22-18-16-14-13-15-17-19-23-45(11-3,12-4)25-21-43-27-37-31-29(43)33(47)41(8)35(49)39(31)6;;/h26-27H,9-25H2,1-8H3;2*1H/q+2;;/p-2. The highest BCUT2D eigenvalue weighted by Gasteiger charge is 2.25. The molecule has 16 heteroatoms. The van der Waals surface area contributed by atoms with Crippen LogP contribution >= 0.6 is 0 Å². The maximum atomic E-state index is 12.9. The Kier molecular flexibility index (Phi) is 16.8. The lowest BCUT2D eigenvalue weighted by atomic mass is 10.1. The third-order valence-corrected chi connectivity index (χ3v) is 11.5. The molecule has 4 heterocycles. The van der Waals surface area contributed by atoms with E-state index in [1.807, 2.05) is 9.13 Å². The summed E-state index contributed by atoms with van der Waals surface area (Å²) in [5.41, 5.74) is 0.593. The van der Waals surface area contributed by atoms with Gasteiger partial charge in [0.2, 0.25) is 0 Å². The molecule has 51 heavy (non-hydrogen) atoms.